The van der Waals surface area contributed by atoms with Crippen LogP contribution in [0.2, 0.25) is 0 Å². The minimum Gasteiger partial charge on any atom is -0.462 e. The molecule has 0 spiro atoms. The van der Waals surface area contributed by atoms with E-state index in [-0.39, 0.29) is 0 Å². The molecule has 0 saturated heterocycles. The number of nitrogens with one attached hydrogen (secondary N) is 1. The molecule has 346 valence electrons. The molecule has 0 fully saturated rings. The van der Waals surface area contributed by atoms with Crippen molar-refractivity contribution in [1.29, 1.82) is 0 Å². The highest BCUT2D eigenvalue weighted by molar-refractivity contribution is 5.80. The lowest BCUT2D eigenvalue weighted by Gasteiger charge is -2.34. The summed E-state index contributed by atoms with van der Waals surface area (Å²) in [5.41, 5.74) is -1.12. The maximum Gasteiger partial charge on any atom is 0.408 e. The maximum absolute atomic E-state index is 13.7. The van der Waals surface area contributed by atoms with Crippen LogP contribution in [0.3, 0.4) is 0 Å². The first-order chi connectivity index (χ1) is 28.0. The molecule has 0 aromatic carbocycles. The molecule has 0 aromatic heterocycles. The number of amides is 1. The number of esters is 10. The second-order valence-corrected chi connectivity index (χ2v) is 13.7. The van der Waals surface area contributed by atoms with Gasteiger partial charge >= 0.3 is 65.8 Å². The van der Waals surface area contributed by atoms with Gasteiger partial charge in [0.25, 0.3) is 0 Å². The van der Waals surface area contributed by atoms with Gasteiger partial charge in [-0.15, -0.1) is 0 Å². The molecule has 0 radical (unpaired) electrons. The summed E-state index contributed by atoms with van der Waals surface area (Å²) in [6.45, 7) is 7.97. The highest BCUT2D eigenvalue weighted by Crippen LogP contribution is 2.22. The van der Waals surface area contributed by atoms with E-state index < -0.39 is 153 Å². The molecule has 0 aliphatic rings. The van der Waals surface area contributed by atoms with Crippen LogP contribution in [0.5, 0.6) is 0 Å². The Kier molecular flexibility index (Phi) is 23.6. The molecule has 61 heavy (non-hydrogen) atoms. The molecule has 9 atom stereocenters. The van der Waals surface area contributed by atoms with Crippen molar-refractivity contribution in [3.8, 4) is 0 Å². The van der Waals surface area contributed by atoms with E-state index in [2.05, 4.69) is 5.32 Å². The third-order valence-corrected chi connectivity index (χ3v) is 6.80. The Morgan fingerprint density at radius 2 is 0.836 bits per heavy atom. The topological polar surface area (TPSA) is 342 Å². The van der Waals surface area contributed by atoms with E-state index in [0.717, 1.165) is 55.4 Å². The molecule has 0 aliphatic heterocycles. The first kappa shape index (κ1) is 54.9. The van der Waals surface area contributed by atoms with E-state index in [4.69, 9.17) is 52.1 Å². The van der Waals surface area contributed by atoms with Gasteiger partial charge in [0.1, 0.15) is 44.2 Å². The number of ether oxygens (including phenoxy) is 11. The molecule has 1 amide bonds. The summed E-state index contributed by atoms with van der Waals surface area (Å²) < 4.78 is 55.7. The Hall–Kier alpha value is -6.11. The number of carbonyl (C=O) groups excluding carboxylic acids is 11. The molecular formula is C36H53NO24. The Labute approximate surface area is 349 Å². The summed E-state index contributed by atoms with van der Waals surface area (Å²) in [7, 11) is 0. The molecule has 3 N–H and O–H groups in total. The van der Waals surface area contributed by atoms with Crippen molar-refractivity contribution in [2.45, 2.75) is 137 Å². The number of hydrogen-bond donors (Lipinski definition) is 3. The molecule has 25 heteroatoms. The third kappa shape index (κ3) is 23.3. The van der Waals surface area contributed by atoms with Gasteiger partial charge in [-0.1, -0.05) is 0 Å². The van der Waals surface area contributed by atoms with Gasteiger partial charge < -0.3 is 67.6 Å². The standard InChI is InChI=1S/C36H53NO24/c1-16(38)51-14-25(55-18(3)40)29(57-20(5)42)27(46)28(47)33(48)53-12-24(37-35(50)61-36(9,10)11)13-54-34(49)32(60-23(8)45)31(59-22(7)44)30(58-21(6)43)26(56-19(4)41)15-52-17(2)39/h24-32,46-47H,12-15H2,1-11H3,(H,37,50)/t24?,25-,26-,27-,28-,29-,30-,31+,32-/m1/s1. The van der Waals surface area contributed by atoms with Crippen molar-refractivity contribution in [3.05, 3.63) is 0 Å². The molecular weight excluding hydrogens is 830 g/mol. The predicted octanol–water partition coefficient (Wildman–Crippen LogP) is -1.60. The third-order valence-electron chi connectivity index (χ3n) is 6.80. The smallest absolute Gasteiger partial charge is 0.408 e. The SMILES string of the molecule is CC(=O)OC[C@@H](OC(C)=O)[C@@H](OC(C)=O)[C@H](O)[C@@H](O)C(=O)OCC(COC(=O)[C@H](OC(C)=O)[C@@H](OC(C)=O)[C@H](OC(C)=O)[C@@H](COC(C)=O)OC(C)=O)NC(=O)OC(C)(C)C. The lowest BCUT2D eigenvalue weighted by Crippen LogP contribution is -2.56. The summed E-state index contributed by atoms with van der Waals surface area (Å²) in [5, 5.41) is 23.8. The monoisotopic (exact) mass is 883 g/mol. The highest BCUT2D eigenvalue weighted by atomic mass is 16.7. The molecule has 0 aliphatic carbocycles. The van der Waals surface area contributed by atoms with Gasteiger partial charge in [0.05, 0.1) is 0 Å². The van der Waals surface area contributed by atoms with Gasteiger partial charge in [0, 0.05) is 55.4 Å². The Bertz CT molecular complexity index is 1590. The van der Waals surface area contributed by atoms with Crippen molar-refractivity contribution >= 4 is 65.8 Å². The van der Waals surface area contributed by atoms with Gasteiger partial charge in [-0.25, -0.2) is 14.4 Å². The normalized spacial score (nSPS) is 15.4. The zero-order valence-electron chi connectivity index (χ0n) is 35.4. The van der Waals surface area contributed by atoms with E-state index in [1.807, 2.05) is 0 Å². The van der Waals surface area contributed by atoms with Gasteiger partial charge in [0.2, 0.25) is 6.10 Å². The van der Waals surface area contributed by atoms with Gasteiger partial charge in [-0.05, 0) is 20.8 Å². The Balaban J connectivity index is 6.81. The van der Waals surface area contributed by atoms with E-state index in [1.165, 1.54) is 20.8 Å². The highest BCUT2D eigenvalue weighted by Gasteiger charge is 2.48. The van der Waals surface area contributed by atoms with Crippen molar-refractivity contribution < 1.29 is 115 Å². The molecule has 0 heterocycles. The summed E-state index contributed by atoms with van der Waals surface area (Å²) in [5.74, 6) is -11.6. The van der Waals surface area contributed by atoms with Gasteiger partial charge in [0.15, 0.2) is 36.6 Å². The summed E-state index contributed by atoms with van der Waals surface area (Å²) in [6.07, 6.45) is -18.4. The average molecular weight is 884 g/mol. The molecule has 1 unspecified atom stereocenters. The number of alkyl carbamates (subject to hydrolysis) is 1. The number of hydrogen-bond acceptors (Lipinski definition) is 24. The van der Waals surface area contributed by atoms with Gasteiger partial charge in [-0.3, -0.25) is 38.4 Å². The quantitative estimate of drug-likeness (QED) is 0.0769. The lowest BCUT2D eigenvalue weighted by molar-refractivity contribution is -0.208. The van der Waals surface area contributed by atoms with E-state index in [0.29, 0.717) is 0 Å². The minimum absolute atomic E-state index is 0.802. The van der Waals surface area contributed by atoms with E-state index >= 15 is 0 Å². The number of carbonyl (C=O) groups is 11. The fraction of sp³-hybridized carbons (Fsp3) is 0.694. The second kappa shape index (κ2) is 26.2. The zero-order valence-corrected chi connectivity index (χ0v) is 35.4. The van der Waals surface area contributed by atoms with Crippen LogP contribution in [-0.4, -0.2) is 163 Å². The fourth-order valence-corrected chi connectivity index (χ4v) is 4.70. The largest absolute Gasteiger partial charge is 0.462 e. The Morgan fingerprint density at radius 3 is 1.23 bits per heavy atom. The predicted molar refractivity (Wildman–Crippen MR) is 194 cm³/mol. The van der Waals surface area contributed by atoms with Crippen molar-refractivity contribution in [2.75, 3.05) is 26.4 Å². The minimum atomic E-state index is -2.60. The van der Waals surface area contributed by atoms with Crippen molar-refractivity contribution in [3.63, 3.8) is 0 Å². The molecule has 0 bridgehead atoms. The first-order valence-corrected chi connectivity index (χ1v) is 18.0. The average Bonchev–Trinajstić information content (AvgIpc) is 3.10. The van der Waals surface area contributed by atoms with E-state index in [9.17, 15) is 63.0 Å². The number of aliphatic hydroxyl groups is 2. The summed E-state index contributed by atoms with van der Waals surface area (Å²) in [6, 6.07) is -1.62. The van der Waals surface area contributed by atoms with Crippen LogP contribution in [0, 0.1) is 0 Å². The van der Waals surface area contributed by atoms with Crippen LogP contribution in [0.4, 0.5) is 4.79 Å². The Morgan fingerprint density at radius 1 is 0.459 bits per heavy atom. The summed E-state index contributed by atoms with van der Waals surface area (Å²) in [4.78, 5) is 135. The van der Waals surface area contributed by atoms with Crippen LogP contribution >= 0.6 is 0 Å². The molecule has 0 saturated carbocycles. The summed E-state index contributed by atoms with van der Waals surface area (Å²) >= 11 is 0. The number of rotatable bonds is 23. The number of aliphatic hydroxyl groups excluding tert-OH is 2. The van der Waals surface area contributed by atoms with Crippen LogP contribution in [0.15, 0.2) is 0 Å². The molecule has 25 nitrogen and oxygen atoms in total. The molecule has 0 rings (SSSR count). The fourth-order valence-electron chi connectivity index (χ4n) is 4.70. The van der Waals surface area contributed by atoms with Crippen LogP contribution in [-0.2, 0) is 100 Å². The molecule has 0 aromatic rings. The van der Waals surface area contributed by atoms with Crippen LogP contribution < -0.4 is 5.32 Å². The van der Waals surface area contributed by atoms with Gasteiger partial charge in [-0.2, -0.15) is 0 Å². The maximum atomic E-state index is 13.7. The van der Waals surface area contributed by atoms with Crippen LogP contribution in [0.1, 0.15) is 76.2 Å². The first-order valence-electron chi connectivity index (χ1n) is 18.0. The van der Waals surface area contributed by atoms with Crippen molar-refractivity contribution in [2.24, 2.45) is 0 Å². The van der Waals surface area contributed by atoms with Crippen molar-refractivity contribution in [1.82, 2.24) is 5.32 Å². The zero-order chi connectivity index (χ0) is 47.4. The van der Waals surface area contributed by atoms with E-state index in [1.54, 1.807) is 0 Å². The van der Waals surface area contributed by atoms with Crippen LogP contribution in [0.25, 0.3) is 0 Å². The lowest BCUT2D eigenvalue weighted by atomic mass is 10.0. The second-order valence-electron chi connectivity index (χ2n) is 13.7.